The molecule has 0 aromatic heterocycles. The van der Waals surface area contributed by atoms with Gasteiger partial charge < -0.3 is 15.2 Å². The Balaban J connectivity index is 1.76. The van der Waals surface area contributed by atoms with Crippen LogP contribution >= 0.6 is 0 Å². The third-order valence-electron chi connectivity index (χ3n) is 4.01. The van der Waals surface area contributed by atoms with E-state index in [1.807, 2.05) is 36.4 Å². The second-order valence-corrected chi connectivity index (χ2v) is 5.88. The summed E-state index contributed by atoms with van der Waals surface area (Å²) in [5.74, 6) is 0.818. The normalized spacial score (nSPS) is 13.6. The van der Waals surface area contributed by atoms with Crippen molar-refractivity contribution >= 4 is 0 Å². The van der Waals surface area contributed by atoms with E-state index in [0.717, 1.165) is 5.75 Å². The average Bonchev–Trinajstić information content (AvgIpc) is 2.54. The molecule has 2 aromatic rings. The summed E-state index contributed by atoms with van der Waals surface area (Å²) in [6, 6.07) is 16.7. The fourth-order valence-corrected chi connectivity index (χ4v) is 2.32. The van der Waals surface area contributed by atoms with Gasteiger partial charge in [-0.1, -0.05) is 36.4 Å². The molecule has 3 nitrogen and oxygen atoms in total. The number of aliphatic hydroxyl groups excluding tert-OH is 1. The number of nitrogens with two attached hydrogens (primary N) is 1. The zero-order valence-corrected chi connectivity index (χ0v) is 13.6. The second-order valence-electron chi connectivity index (χ2n) is 5.88. The number of aliphatic hydroxyl groups is 1. The van der Waals surface area contributed by atoms with Gasteiger partial charge in [-0.3, -0.25) is 0 Å². The quantitative estimate of drug-likeness (QED) is 0.824. The van der Waals surface area contributed by atoms with Crippen LogP contribution in [0, 0.1) is 13.8 Å². The van der Waals surface area contributed by atoms with E-state index in [0.29, 0.717) is 19.2 Å². The second kappa shape index (κ2) is 7.97. The molecule has 0 aliphatic heterocycles. The van der Waals surface area contributed by atoms with Crippen molar-refractivity contribution in [3.8, 4) is 5.75 Å². The summed E-state index contributed by atoms with van der Waals surface area (Å²) >= 11 is 0. The minimum Gasteiger partial charge on any atom is -0.491 e. The lowest BCUT2D eigenvalue weighted by Crippen LogP contribution is -2.87. The molecular formula is C19H26NO2+. The van der Waals surface area contributed by atoms with Crippen molar-refractivity contribution in [3.63, 3.8) is 0 Å². The van der Waals surface area contributed by atoms with E-state index < -0.39 is 6.10 Å². The maximum Gasteiger partial charge on any atom is 0.137 e. The largest absolute Gasteiger partial charge is 0.491 e. The molecule has 0 aliphatic rings. The first-order valence-corrected chi connectivity index (χ1v) is 7.82. The highest BCUT2D eigenvalue weighted by molar-refractivity contribution is 5.33. The van der Waals surface area contributed by atoms with Crippen LogP contribution in [0.2, 0.25) is 0 Å². The molecule has 3 N–H and O–H groups in total. The highest BCUT2D eigenvalue weighted by Gasteiger charge is 2.12. The average molecular weight is 300 g/mol. The van der Waals surface area contributed by atoms with Gasteiger partial charge in [0.15, 0.2) is 0 Å². The van der Waals surface area contributed by atoms with Crippen molar-refractivity contribution in [1.82, 2.24) is 0 Å². The number of hydrogen-bond donors (Lipinski definition) is 2. The fourth-order valence-electron chi connectivity index (χ4n) is 2.32. The van der Waals surface area contributed by atoms with Gasteiger partial charge in [-0.05, 0) is 44.0 Å². The van der Waals surface area contributed by atoms with Crippen LogP contribution in [0.5, 0.6) is 5.75 Å². The minimum absolute atomic E-state index is 0.320. The van der Waals surface area contributed by atoms with Gasteiger partial charge >= 0.3 is 0 Å². The van der Waals surface area contributed by atoms with Crippen LogP contribution in [0.25, 0.3) is 0 Å². The van der Waals surface area contributed by atoms with Crippen LogP contribution in [0.1, 0.15) is 29.7 Å². The number of quaternary nitrogens is 1. The highest BCUT2D eigenvalue weighted by atomic mass is 16.5. The van der Waals surface area contributed by atoms with Gasteiger partial charge in [0.2, 0.25) is 0 Å². The van der Waals surface area contributed by atoms with Gasteiger partial charge in [0.25, 0.3) is 0 Å². The Hall–Kier alpha value is -1.84. The summed E-state index contributed by atoms with van der Waals surface area (Å²) in [6.45, 7) is 7.23. The fraction of sp³-hybridized carbons (Fsp3) is 0.368. The van der Waals surface area contributed by atoms with E-state index >= 15 is 0 Å². The number of ether oxygens (including phenoxy) is 1. The highest BCUT2D eigenvalue weighted by Crippen LogP contribution is 2.16. The number of benzene rings is 2. The third-order valence-corrected chi connectivity index (χ3v) is 4.01. The Morgan fingerprint density at radius 1 is 1.05 bits per heavy atom. The molecule has 2 aromatic carbocycles. The number of rotatable bonds is 7. The Labute approximate surface area is 133 Å². The molecule has 0 saturated carbocycles. The van der Waals surface area contributed by atoms with E-state index in [4.69, 9.17) is 4.74 Å². The molecule has 0 spiro atoms. The summed E-state index contributed by atoms with van der Waals surface area (Å²) < 4.78 is 5.67. The number of hydrogen-bond acceptors (Lipinski definition) is 2. The monoisotopic (exact) mass is 300 g/mol. The molecule has 118 valence electrons. The zero-order valence-electron chi connectivity index (χ0n) is 13.6. The molecule has 2 atom stereocenters. The minimum atomic E-state index is -0.479. The predicted octanol–water partition coefficient (Wildman–Crippen LogP) is 2.37. The maximum atomic E-state index is 10.1. The van der Waals surface area contributed by atoms with E-state index in [1.54, 1.807) is 0 Å². The van der Waals surface area contributed by atoms with E-state index in [2.05, 4.69) is 38.2 Å². The van der Waals surface area contributed by atoms with Gasteiger partial charge in [0.05, 0.1) is 0 Å². The standard InChI is InChI=1S/C19H25NO2/c1-14-9-10-19(11-15(14)2)22-13-18(21)12-20-16(3)17-7-5-4-6-8-17/h4-11,16,18,20-21H,12-13H2,1-3H3/p+1. The van der Waals surface area contributed by atoms with E-state index in [-0.39, 0.29) is 0 Å². The SMILES string of the molecule is Cc1ccc(OCC(O)C[NH2+]C(C)c2ccccc2)cc1C. The molecule has 2 rings (SSSR count). The topological polar surface area (TPSA) is 46.1 Å². The van der Waals surface area contributed by atoms with Gasteiger partial charge in [0, 0.05) is 5.56 Å². The molecule has 0 aliphatic carbocycles. The maximum absolute atomic E-state index is 10.1. The summed E-state index contributed by atoms with van der Waals surface area (Å²) in [5.41, 5.74) is 3.72. The first-order valence-electron chi connectivity index (χ1n) is 7.82. The molecule has 0 radical (unpaired) electrons. The van der Waals surface area contributed by atoms with Gasteiger partial charge in [0.1, 0.15) is 31.0 Å². The van der Waals surface area contributed by atoms with Crippen molar-refractivity contribution in [3.05, 3.63) is 65.2 Å². The van der Waals surface area contributed by atoms with Crippen molar-refractivity contribution in [2.45, 2.75) is 32.9 Å². The smallest absolute Gasteiger partial charge is 0.137 e. The van der Waals surface area contributed by atoms with Gasteiger partial charge in [-0.2, -0.15) is 0 Å². The summed E-state index contributed by atoms with van der Waals surface area (Å²) in [5, 5.41) is 12.2. The molecule has 2 unspecified atom stereocenters. The summed E-state index contributed by atoms with van der Waals surface area (Å²) in [6.07, 6.45) is -0.479. The van der Waals surface area contributed by atoms with Crippen molar-refractivity contribution < 1.29 is 15.2 Å². The van der Waals surface area contributed by atoms with E-state index in [9.17, 15) is 5.11 Å². The van der Waals surface area contributed by atoms with Crippen LogP contribution in [-0.4, -0.2) is 24.4 Å². The first-order chi connectivity index (χ1) is 10.6. The zero-order chi connectivity index (χ0) is 15.9. The Morgan fingerprint density at radius 2 is 1.77 bits per heavy atom. The molecule has 0 amide bonds. The van der Waals surface area contributed by atoms with Crippen molar-refractivity contribution in [2.75, 3.05) is 13.2 Å². The molecule has 0 saturated heterocycles. The molecular weight excluding hydrogens is 274 g/mol. The molecule has 3 heteroatoms. The predicted molar refractivity (Wildman–Crippen MR) is 89.1 cm³/mol. The van der Waals surface area contributed by atoms with E-state index in [1.165, 1.54) is 16.7 Å². The molecule has 0 bridgehead atoms. The van der Waals surface area contributed by atoms with Crippen LogP contribution in [0.4, 0.5) is 0 Å². The van der Waals surface area contributed by atoms with Crippen molar-refractivity contribution in [2.24, 2.45) is 0 Å². The Bertz CT molecular complexity index is 583. The van der Waals surface area contributed by atoms with Crippen molar-refractivity contribution in [1.29, 1.82) is 0 Å². The van der Waals surface area contributed by atoms with Gasteiger partial charge in [-0.15, -0.1) is 0 Å². The first kappa shape index (κ1) is 16.5. The lowest BCUT2D eigenvalue weighted by Gasteiger charge is -2.15. The Morgan fingerprint density at radius 3 is 2.45 bits per heavy atom. The van der Waals surface area contributed by atoms with Crippen LogP contribution in [-0.2, 0) is 0 Å². The lowest BCUT2D eigenvalue weighted by molar-refractivity contribution is -0.698. The molecule has 22 heavy (non-hydrogen) atoms. The van der Waals surface area contributed by atoms with Crippen LogP contribution in [0.15, 0.2) is 48.5 Å². The molecule has 0 fully saturated rings. The molecule has 0 heterocycles. The summed E-state index contributed by atoms with van der Waals surface area (Å²) in [7, 11) is 0. The summed E-state index contributed by atoms with van der Waals surface area (Å²) in [4.78, 5) is 0. The Kier molecular flexibility index (Phi) is 5.99. The number of aryl methyl sites for hydroxylation is 2. The third kappa shape index (κ3) is 4.86. The van der Waals surface area contributed by atoms with Crippen LogP contribution in [0.3, 0.4) is 0 Å². The lowest BCUT2D eigenvalue weighted by atomic mass is 10.1. The van der Waals surface area contributed by atoms with Gasteiger partial charge in [-0.25, -0.2) is 0 Å². The van der Waals surface area contributed by atoms with Crippen LogP contribution < -0.4 is 10.1 Å².